The maximum atomic E-state index is 12.7. The zero-order valence-electron chi connectivity index (χ0n) is 17.2. The average molecular weight is 486 g/mol. The molecule has 1 aromatic heterocycles. The molecule has 1 aliphatic rings. The molecule has 162 valence electrons. The predicted molar refractivity (Wildman–Crippen MR) is 121 cm³/mol. The zero-order chi connectivity index (χ0) is 21.6. The second kappa shape index (κ2) is 10.0. The number of furan rings is 1. The fraction of sp³-hybridized carbons (Fsp3) is 0.292. The largest absolute Gasteiger partial charge is 0.489 e. The normalized spacial score (nSPS) is 15.6. The van der Waals surface area contributed by atoms with Gasteiger partial charge in [0.25, 0.3) is 5.91 Å². The summed E-state index contributed by atoms with van der Waals surface area (Å²) >= 11 is 3.39. The summed E-state index contributed by atoms with van der Waals surface area (Å²) < 4.78 is 23.9. The number of amides is 1. The summed E-state index contributed by atoms with van der Waals surface area (Å²) in [7, 11) is 0. The molecule has 1 amide bonds. The predicted octanol–water partition coefficient (Wildman–Crippen LogP) is 5.74. The van der Waals surface area contributed by atoms with Gasteiger partial charge in [-0.25, -0.2) is 0 Å². The second-order valence-corrected chi connectivity index (χ2v) is 8.32. The Bertz CT molecular complexity index is 1020. The van der Waals surface area contributed by atoms with Gasteiger partial charge in [0.2, 0.25) is 0 Å². The van der Waals surface area contributed by atoms with Crippen LogP contribution in [-0.2, 0) is 11.3 Å². The summed E-state index contributed by atoms with van der Waals surface area (Å²) in [6.45, 7) is 3.45. The van der Waals surface area contributed by atoms with E-state index >= 15 is 0 Å². The van der Waals surface area contributed by atoms with Crippen LogP contribution in [0.4, 0.5) is 5.69 Å². The lowest BCUT2D eigenvalue weighted by Crippen LogP contribution is -2.18. The number of hydrogen-bond acceptors (Lipinski definition) is 5. The van der Waals surface area contributed by atoms with E-state index in [0.29, 0.717) is 23.8 Å². The molecule has 1 N–H and O–H groups in total. The lowest BCUT2D eigenvalue weighted by molar-refractivity contribution is 0.0681. The topological polar surface area (TPSA) is 69.9 Å². The molecule has 0 radical (unpaired) electrons. The van der Waals surface area contributed by atoms with E-state index in [9.17, 15) is 4.79 Å². The van der Waals surface area contributed by atoms with Gasteiger partial charge in [-0.05, 0) is 73.9 Å². The van der Waals surface area contributed by atoms with Gasteiger partial charge in [-0.15, -0.1) is 0 Å². The van der Waals surface area contributed by atoms with Gasteiger partial charge in [0.1, 0.15) is 30.5 Å². The molecule has 3 aromatic rings. The highest BCUT2D eigenvalue weighted by Gasteiger charge is 2.18. The van der Waals surface area contributed by atoms with Gasteiger partial charge >= 0.3 is 0 Å². The molecule has 4 rings (SSSR count). The summed E-state index contributed by atoms with van der Waals surface area (Å²) in [5, 5.41) is 2.88. The standard InChI is InChI=1S/C24H24BrNO5/c1-16-4-10-21(23(13-16)30-14-19-3-2-12-28-19)26-24(27)22-11-9-20(31-22)15-29-18-7-5-17(25)6-8-18/h4-11,13,19H,2-3,12,14-15H2,1H3,(H,26,27). The molecule has 0 bridgehead atoms. The minimum absolute atomic E-state index is 0.0995. The van der Waals surface area contributed by atoms with Crippen molar-refractivity contribution in [2.24, 2.45) is 0 Å². The Morgan fingerprint density at radius 1 is 1.13 bits per heavy atom. The molecule has 0 saturated carbocycles. The molecule has 1 aliphatic heterocycles. The van der Waals surface area contributed by atoms with Gasteiger partial charge in [-0.1, -0.05) is 22.0 Å². The van der Waals surface area contributed by atoms with Crippen molar-refractivity contribution in [3.05, 3.63) is 76.2 Å². The molecule has 1 fully saturated rings. The van der Waals surface area contributed by atoms with Crippen molar-refractivity contribution in [2.75, 3.05) is 18.5 Å². The first-order chi connectivity index (χ1) is 15.1. The van der Waals surface area contributed by atoms with Crippen molar-refractivity contribution in [3.8, 4) is 11.5 Å². The van der Waals surface area contributed by atoms with Gasteiger partial charge in [-0.2, -0.15) is 0 Å². The van der Waals surface area contributed by atoms with Crippen LogP contribution in [0.15, 0.2) is 63.5 Å². The highest BCUT2D eigenvalue weighted by molar-refractivity contribution is 9.10. The first-order valence-electron chi connectivity index (χ1n) is 10.2. The molecule has 2 aromatic carbocycles. The molecule has 1 saturated heterocycles. The van der Waals surface area contributed by atoms with Crippen molar-refractivity contribution in [1.82, 2.24) is 0 Å². The number of nitrogens with one attached hydrogen (secondary N) is 1. The Morgan fingerprint density at radius 3 is 2.74 bits per heavy atom. The third-order valence-electron chi connectivity index (χ3n) is 4.91. The summed E-state index contributed by atoms with van der Waals surface area (Å²) in [5.74, 6) is 1.76. The molecule has 6 nitrogen and oxygen atoms in total. The molecule has 1 atom stereocenters. The van der Waals surface area contributed by atoms with E-state index in [1.807, 2.05) is 49.4 Å². The van der Waals surface area contributed by atoms with Gasteiger partial charge in [0.05, 0.1) is 11.8 Å². The maximum Gasteiger partial charge on any atom is 0.291 e. The van der Waals surface area contributed by atoms with E-state index in [0.717, 1.165) is 35.2 Å². The van der Waals surface area contributed by atoms with Crippen molar-refractivity contribution >= 4 is 27.5 Å². The van der Waals surface area contributed by atoms with Gasteiger partial charge in [-0.3, -0.25) is 4.79 Å². The fourth-order valence-electron chi connectivity index (χ4n) is 3.26. The monoisotopic (exact) mass is 485 g/mol. The Kier molecular flexibility index (Phi) is 6.94. The number of rotatable bonds is 8. The van der Waals surface area contributed by atoms with E-state index in [1.165, 1.54) is 0 Å². The fourth-order valence-corrected chi connectivity index (χ4v) is 3.52. The van der Waals surface area contributed by atoms with E-state index in [2.05, 4.69) is 21.2 Å². The van der Waals surface area contributed by atoms with E-state index in [-0.39, 0.29) is 24.4 Å². The number of ether oxygens (including phenoxy) is 3. The van der Waals surface area contributed by atoms with Crippen molar-refractivity contribution < 1.29 is 23.4 Å². The summed E-state index contributed by atoms with van der Waals surface area (Å²) in [6.07, 6.45) is 2.14. The number of carbonyl (C=O) groups excluding carboxylic acids is 1. The highest BCUT2D eigenvalue weighted by Crippen LogP contribution is 2.28. The van der Waals surface area contributed by atoms with Crippen LogP contribution >= 0.6 is 15.9 Å². The molecule has 2 heterocycles. The molecular weight excluding hydrogens is 462 g/mol. The SMILES string of the molecule is Cc1ccc(NC(=O)c2ccc(COc3ccc(Br)cc3)o2)c(OCC2CCCO2)c1. The van der Waals surface area contributed by atoms with E-state index in [1.54, 1.807) is 12.1 Å². The summed E-state index contributed by atoms with van der Waals surface area (Å²) in [4.78, 5) is 12.7. The number of hydrogen-bond donors (Lipinski definition) is 1. The number of carbonyl (C=O) groups is 1. The van der Waals surface area contributed by atoms with Crippen molar-refractivity contribution in [3.63, 3.8) is 0 Å². The Labute approximate surface area is 189 Å². The van der Waals surface area contributed by atoms with Crippen LogP contribution in [0.5, 0.6) is 11.5 Å². The number of benzene rings is 2. The average Bonchev–Trinajstić information content (AvgIpc) is 3.45. The van der Waals surface area contributed by atoms with Gasteiger partial charge in [0, 0.05) is 11.1 Å². The Hall–Kier alpha value is -2.77. The van der Waals surface area contributed by atoms with Crippen LogP contribution in [0.2, 0.25) is 0 Å². The third kappa shape index (κ3) is 5.89. The quantitative estimate of drug-likeness (QED) is 0.440. The van der Waals surface area contributed by atoms with Crippen LogP contribution in [0.3, 0.4) is 0 Å². The van der Waals surface area contributed by atoms with E-state index < -0.39 is 0 Å². The van der Waals surface area contributed by atoms with Crippen LogP contribution in [-0.4, -0.2) is 25.2 Å². The van der Waals surface area contributed by atoms with Crippen molar-refractivity contribution in [2.45, 2.75) is 32.5 Å². The number of aryl methyl sites for hydroxylation is 1. The lowest BCUT2D eigenvalue weighted by Gasteiger charge is -2.15. The summed E-state index contributed by atoms with van der Waals surface area (Å²) in [5.41, 5.74) is 1.64. The van der Waals surface area contributed by atoms with Crippen molar-refractivity contribution in [1.29, 1.82) is 0 Å². The zero-order valence-corrected chi connectivity index (χ0v) is 18.8. The molecule has 0 spiro atoms. The lowest BCUT2D eigenvalue weighted by atomic mass is 10.2. The van der Waals surface area contributed by atoms with Gasteiger partial charge < -0.3 is 23.9 Å². The van der Waals surface area contributed by atoms with Crippen LogP contribution < -0.4 is 14.8 Å². The highest BCUT2D eigenvalue weighted by atomic mass is 79.9. The molecule has 31 heavy (non-hydrogen) atoms. The first kappa shape index (κ1) is 21.5. The molecule has 0 aliphatic carbocycles. The van der Waals surface area contributed by atoms with E-state index in [4.69, 9.17) is 18.6 Å². The van der Waals surface area contributed by atoms with Crippen LogP contribution in [0.25, 0.3) is 0 Å². The molecule has 1 unspecified atom stereocenters. The Morgan fingerprint density at radius 2 is 1.97 bits per heavy atom. The molecule has 7 heteroatoms. The first-order valence-corrected chi connectivity index (χ1v) is 11.0. The third-order valence-corrected chi connectivity index (χ3v) is 5.44. The van der Waals surface area contributed by atoms with Gasteiger partial charge in [0.15, 0.2) is 5.76 Å². The van der Waals surface area contributed by atoms with Crippen LogP contribution in [0, 0.1) is 6.92 Å². The minimum Gasteiger partial charge on any atom is -0.489 e. The van der Waals surface area contributed by atoms with Crippen LogP contribution in [0.1, 0.15) is 34.7 Å². The minimum atomic E-state index is -0.347. The maximum absolute atomic E-state index is 12.7. The number of halogens is 1. The molecular formula is C24H24BrNO5. The smallest absolute Gasteiger partial charge is 0.291 e. The summed E-state index contributed by atoms with van der Waals surface area (Å²) in [6, 6.07) is 16.5. The second-order valence-electron chi connectivity index (χ2n) is 7.41. The number of anilines is 1. The Balaban J connectivity index is 1.37.